The van der Waals surface area contributed by atoms with Gasteiger partial charge in [-0.05, 0) is 24.6 Å². The SMILES string of the molecule is Cc1nn(-c2ccccc2)c(Cl)c1CSc1n[nH]c(=O)n1Cc1ccccc1. The van der Waals surface area contributed by atoms with Crippen LogP contribution < -0.4 is 5.69 Å². The number of aromatic amines is 1. The summed E-state index contributed by atoms with van der Waals surface area (Å²) in [4.78, 5) is 12.2. The highest BCUT2D eigenvalue weighted by atomic mass is 35.5. The van der Waals surface area contributed by atoms with E-state index in [0.29, 0.717) is 22.6 Å². The number of para-hydroxylation sites is 1. The molecule has 2 aromatic heterocycles. The number of aromatic nitrogens is 5. The Kier molecular flexibility index (Phi) is 5.36. The normalized spacial score (nSPS) is 11.1. The van der Waals surface area contributed by atoms with Gasteiger partial charge in [0.2, 0.25) is 0 Å². The van der Waals surface area contributed by atoms with Crippen molar-refractivity contribution < 1.29 is 0 Å². The van der Waals surface area contributed by atoms with E-state index in [1.165, 1.54) is 11.8 Å². The highest BCUT2D eigenvalue weighted by Crippen LogP contribution is 2.29. The maximum Gasteiger partial charge on any atom is 0.344 e. The highest BCUT2D eigenvalue weighted by molar-refractivity contribution is 7.98. The quantitative estimate of drug-likeness (QED) is 0.486. The van der Waals surface area contributed by atoms with Crippen LogP contribution in [-0.2, 0) is 12.3 Å². The lowest BCUT2D eigenvalue weighted by atomic mass is 10.2. The van der Waals surface area contributed by atoms with Gasteiger partial charge in [-0.1, -0.05) is 71.9 Å². The second-order valence-corrected chi connectivity index (χ2v) is 7.57. The average molecular weight is 412 g/mol. The summed E-state index contributed by atoms with van der Waals surface area (Å²) in [6.45, 7) is 2.40. The fourth-order valence-corrected chi connectivity index (χ4v) is 4.34. The number of benzene rings is 2. The molecule has 0 unspecified atom stereocenters. The summed E-state index contributed by atoms with van der Waals surface area (Å²) in [5.41, 5.74) is 3.51. The van der Waals surface area contributed by atoms with Gasteiger partial charge in [-0.2, -0.15) is 5.10 Å². The number of aryl methyl sites for hydroxylation is 1. The minimum Gasteiger partial charge on any atom is -0.266 e. The van der Waals surface area contributed by atoms with Gasteiger partial charge < -0.3 is 0 Å². The summed E-state index contributed by atoms with van der Waals surface area (Å²) in [5, 5.41) is 12.5. The number of rotatable bonds is 6. The maximum atomic E-state index is 12.2. The first-order valence-corrected chi connectivity index (χ1v) is 10.1. The van der Waals surface area contributed by atoms with Gasteiger partial charge >= 0.3 is 5.69 Å². The molecule has 0 aliphatic carbocycles. The van der Waals surface area contributed by atoms with Gasteiger partial charge in [-0.3, -0.25) is 4.57 Å². The lowest BCUT2D eigenvalue weighted by Crippen LogP contribution is -2.18. The molecule has 0 radical (unpaired) electrons. The minimum atomic E-state index is -0.228. The molecule has 0 atom stereocenters. The minimum absolute atomic E-state index is 0.228. The average Bonchev–Trinajstić information content (AvgIpc) is 3.21. The molecule has 2 aromatic carbocycles. The molecule has 0 aliphatic heterocycles. The van der Waals surface area contributed by atoms with E-state index in [4.69, 9.17) is 11.6 Å². The van der Waals surface area contributed by atoms with E-state index in [9.17, 15) is 4.79 Å². The first-order chi connectivity index (χ1) is 13.6. The predicted octanol–water partition coefficient (Wildman–Crippen LogP) is 4.06. The van der Waals surface area contributed by atoms with Crippen LogP contribution in [0.2, 0.25) is 5.15 Å². The molecule has 6 nitrogen and oxygen atoms in total. The number of thioether (sulfide) groups is 1. The fraction of sp³-hybridized carbons (Fsp3) is 0.150. The van der Waals surface area contributed by atoms with E-state index in [2.05, 4.69) is 15.3 Å². The van der Waals surface area contributed by atoms with E-state index in [1.807, 2.05) is 67.6 Å². The fourth-order valence-electron chi connectivity index (χ4n) is 2.89. The van der Waals surface area contributed by atoms with Crippen molar-refractivity contribution in [2.45, 2.75) is 24.4 Å². The number of halogens is 1. The monoisotopic (exact) mass is 411 g/mol. The maximum absolute atomic E-state index is 12.2. The molecule has 142 valence electrons. The van der Waals surface area contributed by atoms with Gasteiger partial charge in [-0.25, -0.2) is 14.6 Å². The van der Waals surface area contributed by atoms with Crippen LogP contribution in [0, 0.1) is 6.92 Å². The van der Waals surface area contributed by atoms with Gasteiger partial charge in [-0.15, -0.1) is 5.10 Å². The smallest absolute Gasteiger partial charge is 0.266 e. The molecule has 2 heterocycles. The second kappa shape index (κ2) is 8.08. The van der Waals surface area contributed by atoms with Gasteiger partial charge in [0.05, 0.1) is 17.9 Å². The molecule has 0 aliphatic rings. The van der Waals surface area contributed by atoms with Crippen LogP contribution in [0.25, 0.3) is 5.69 Å². The number of hydrogen-bond acceptors (Lipinski definition) is 4. The third-order valence-corrected chi connectivity index (χ3v) is 5.77. The summed E-state index contributed by atoms with van der Waals surface area (Å²) in [7, 11) is 0. The van der Waals surface area contributed by atoms with Gasteiger partial charge in [0, 0.05) is 11.3 Å². The largest absolute Gasteiger partial charge is 0.344 e. The Morgan fingerprint density at radius 2 is 1.75 bits per heavy atom. The van der Waals surface area contributed by atoms with Gasteiger partial charge in [0.15, 0.2) is 5.16 Å². The van der Waals surface area contributed by atoms with Crippen LogP contribution >= 0.6 is 23.4 Å². The zero-order valence-electron chi connectivity index (χ0n) is 15.2. The van der Waals surface area contributed by atoms with Crippen LogP contribution in [0.5, 0.6) is 0 Å². The molecule has 0 spiro atoms. The van der Waals surface area contributed by atoms with Crippen LogP contribution in [-0.4, -0.2) is 24.5 Å². The summed E-state index contributed by atoms with van der Waals surface area (Å²) in [6, 6.07) is 19.6. The highest BCUT2D eigenvalue weighted by Gasteiger charge is 2.17. The topological polar surface area (TPSA) is 68.5 Å². The van der Waals surface area contributed by atoms with Crippen molar-refractivity contribution >= 4 is 23.4 Å². The molecule has 1 N–H and O–H groups in total. The summed E-state index contributed by atoms with van der Waals surface area (Å²) in [5.74, 6) is 0.566. The standard InChI is InChI=1S/C20H18ClN5OS/c1-14-17(18(21)26(24-14)16-10-6-3-7-11-16)13-28-20-23-22-19(27)25(20)12-15-8-4-2-5-9-15/h2-11H,12-13H2,1H3,(H,22,27). The van der Waals surface area contributed by atoms with Gasteiger partial charge in [0.1, 0.15) is 5.15 Å². The number of H-pyrrole nitrogens is 1. The van der Waals surface area contributed by atoms with E-state index < -0.39 is 0 Å². The molecule has 0 saturated heterocycles. The van der Waals surface area contributed by atoms with Gasteiger partial charge in [0.25, 0.3) is 0 Å². The molecule has 4 aromatic rings. The molecule has 0 fully saturated rings. The van der Waals surface area contributed by atoms with Crippen LogP contribution in [0.1, 0.15) is 16.8 Å². The van der Waals surface area contributed by atoms with Crippen molar-refractivity contribution in [2.24, 2.45) is 0 Å². The first-order valence-electron chi connectivity index (χ1n) is 8.75. The lowest BCUT2D eigenvalue weighted by Gasteiger charge is -2.06. The Hall–Kier alpha value is -2.77. The summed E-state index contributed by atoms with van der Waals surface area (Å²) < 4.78 is 3.36. The second-order valence-electron chi connectivity index (χ2n) is 6.27. The Morgan fingerprint density at radius 1 is 1.07 bits per heavy atom. The third kappa shape index (κ3) is 3.76. The predicted molar refractivity (Wildman–Crippen MR) is 111 cm³/mol. The molecule has 0 amide bonds. The Morgan fingerprint density at radius 3 is 2.46 bits per heavy atom. The summed E-state index contributed by atoms with van der Waals surface area (Å²) >= 11 is 8.06. The Labute approximate surface area is 171 Å². The zero-order chi connectivity index (χ0) is 19.5. The van der Waals surface area contributed by atoms with Crippen molar-refractivity contribution in [1.29, 1.82) is 0 Å². The van der Waals surface area contributed by atoms with E-state index in [-0.39, 0.29) is 5.69 Å². The lowest BCUT2D eigenvalue weighted by molar-refractivity contribution is 0.687. The third-order valence-electron chi connectivity index (χ3n) is 4.37. The Balaban J connectivity index is 1.56. The molecule has 28 heavy (non-hydrogen) atoms. The number of nitrogens with zero attached hydrogens (tertiary/aromatic N) is 4. The van der Waals surface area contributed by atoms with Crippen molar-refractivity contribution in [3.8, 4) is 5.69 Å². The van der Waals surface area contributed by atoms with Crippen molar-refractivity contribution in [3.05, 3.63) is 93.1 Å². The van der Waals surface area contributed by atoms with Crippen molar-refractivity contribution in [3.63, 3.8) is 0 Å². The van der Waals surface area contributed by atoms with Crippen molar-refractivity contribution in [2.75, 3.05) is 0 Å². The van der Waals surface area contributed by atoms with E-state index >= 15 is 0 Å². The molecular weight excluding hydrogens is 394 g/mol. The summed E-state index contributed by atoms with van der Waals surface area (Å²) in [6.07, 6.45) is 0. The molecule has 4 rings (SSSR count). The number of hydrogen-bond donors (Lipinski definition) is 1. The van der Waals surface area contributed by atoms with Crippen LogP contribution in [0.3, 0.4) is 0 Å². The van der Waals surface area contributed by atoms with E-state index in [1.54, 1.807) is 9.25 Å². The molecule has 0 bridgehead atoms. The van der Waals surface area contributed by atoms with Crippen LogP contribution in [0.15, 0.2) is 70.6 Å². The van der Waals surface area contributed by atoms with E-state index in [0.717, 1.165) is 22.5 Å². The molecule has 0 saturated carbocycles. The molecular formula is C20H18ClN5OS. The van der Waals surface area contributed by atoms with Crippen LogP contribution in [0.4, 0.5) is 0 Å². The first kappa shape index (κ1) is 18.6. The number of nitrogens with one attached hydrogen (secondary N) is 1. The molecule has 8 heteroatoms. The zero-order valence-corrected chi connectivity index (χ0v) is 16.7. The van der Waals surface area contributed by atoms with Crippen molar-refractivity contribution in [1.82, 2.24) is 24.5 Å². The Bertz CT molecular complexity index is 1130.